The summed E-state index contributed by atoms with van der Waals surface area (Å²) in [7, 11) is 1.70. The van der Waals surface area contributed by atoms with Gasteiger partial charge in [0.15, 0.2) is 0 Å². The topological polar surface area (TPSA) is 73.0 Å². The maximum Gasteiger partial charge on any atom is 0.258 e. The molecular weight excluding hydrogens is 282 g/mol. The van der Waals surface area contributed by atoms with Crippen LogP contribution in [-0.2, 0) is 24.9 Å². The van der Waals surface area contributed by atoms with Gasteiger partial charge < -0.3 is 4.90 Å². The van der Waals surface area contributed by atoms with Crippen LogP contribution in [0.15, 0.2) is 23.3 Å². The summed E-state index contributed by atoms with van der Waals surface area (Å²) in [6.07, 6.45) is 4.10. The van der Waals surface area contributed by atoms with Crippen molar-refractivity contribution < 1.29 is 4.79 Å². The van der Waals surface area contributed by atoms with E-state index in [9.17, 15) is 9.59 Å². The number of carbonyl (C=O) groups excluding carboxylic acids is 1. The van der Waals surface area contributed by atoms with E-state index in [1.54, 1.807) is 42.0 Å². The first-order chi connectivity index (χ1) is 10.5. The summed E-state index contributed by atoms with van der Waals surface area (Å²) in [6, 6.07) is 1.46. The molecule has 1 aliphatic rings. The van der Waals surface area contributed by atoms with Crippen molar-refractivity contribution in [1.29, 1.82) is 0 Å². The lowest BCUT2D eigenvalue weighted by molar-refractivity contribution is -0.135. The highest BCUT2D eigenvalue weighted by atomic mass is 16.2. The lowest BCUT2D eigenvalue weighted by Gasteiger charge is -2.22. The predicted molar refractivity (Wildman–Crippen MR) is 80.0 cm³/mol. The molecule has 1 aliphatic heterocycles. The van der Waals surface area contributed by atoms with Crippen molar-refractivity contribution >= 4 is 5.91 Å². The molecule has 0 fully saturated rings. The molecule has 22 heavy (non-hydrogen) atoms. The van der Waals surface area contributed by atoms with Gasteiger partial charge in [-0.05, 0) is 19.4 Å². The number of rotatable bonds is 3. The Morgan fingerprint density at radius 2 is 2.18 bits per heavy atom. The maximum absolute atomic E-state index is 12.8. The van der Waals surface area contributed by atoms with E-state index >= 15 is 0 Å². The first kappa shape index (κ1) is 14.5. The second-order valence-electron chi connectivity index (χ2n) is 5.55. The lowest BCUT2D eigenvalue weighted by atomic mass is 10.2. The Morgan fingerprint density at radius 1 is 1.41 bits per heavy atom. The Kier molecular flexibility index (Phi) is 3.56. The third-order valence-electron chi connectivity index (χ3n) is 4.21. The number of carbonyl (C=O) groups is 1. The minimum atomic E-state index is -0.339. The molecule has 0 spiro atoms. The van der Waals surface area contributed by atoms with Crippen molar-refractivity contribution in [1.82, 2.24) is 24.2 Å². The summed E-state index contributed by atoms with van der Waals surface area (Å²) < 4.78 is 3.19. The highest BCUT2D eigenvalue weighted by Gasteiger charge is 2.32. The second-order valence-corrected chi connectivity index (χ2v) is 5.55. The van der Waals surface area contributed by atoms with Crippen molar-refractivity contribution in [2.75, 3.05) is 0 Å². The summed E-state index contributed by atoms with van der Waals surface area (Å²) in [4.78, 5) is 31.2. The van der Waals surface area contributed by atoms with Crippen LogP contribution >= 0.6 is 0 Å². The van der Waals surface area contributed by atoms with Crippen LogP contribution in [0.5, 0.6) is 0 Å². The van der Waals surface area contributed by atoms with Crippen LogP contribution in [0, 0.1) is 6.92 Å². The number of aryl methyl sites for hydroxylation is 1. The molecule has 0 unspecified atom stereocenters. The van der Waals surface area contributed by atoms with Crippen LogP contribution in [0.1, 0.15) is 36.5 Å². The van der Waals surface area contributed by atoms with Gasteiger partial charge in [-0.25, -0.2) is 4.98 Å². The number of hydrogen-bond donors (Lipinski definition) is 0. The van der Waals surface area contributed by atoms with E-state index in [0.29, 0.717) is 36.6 Å². The van der Waals surface area contributed by atoms with Crippen LogP contribution in [-0.4, -0.2) is 30.1 Å². The normalized spacial score (nSPS) is 15.0. The van der Waals surface area contributed by atoms with E-state index in [1.807, 2.05) is 6.92 Å². The van der Waals surface area contributed by atoms with Gasteiger partial charge in [0.2, 0.25) is 5.91 Å². The van der Waals surface area contributed by atoms with E-state index < -0.39 is 0 Å². The molecule has 2 aromatic heterocycles. The van der Waals surface area contributed by atoms with Gasteiger partial charge in [-0.3, -0.25) is 18.8 Å². The largest absolute Gasteiger partial charge is 0.330 e. The fourth-order valence-electron chi connectivity index (χ4n) is 2.83. The van der Waals surface area contributed by atoms with Crippen molar-refractivity contribution in [3.63, 3.8) is 0 Å². The zero-order valence-electron chi connectivity index (χ0n) is 13.0. The molecule has 0 saturated heterocycles. The van der Waals surface area contributed by atoms with Crippen LogP contribution in [0.3, 0.4) is 0 Å². The molecule has 3 heterocycles. The Balaban J connectivity index is 1.88. The molecule has 7 heteroatoms. The van der Waals surface area contributed by atoms with Crippen molar-refractivity contribution in [2.24, 2.45) is 7.05 Å². The van der Waals surface area contributed by atoms with Crippen LogP contribution in [0.4, 0.5) is 0 Å². The molecule has 0 saturated carbocycles. The molecular formula is C15H19N5O2. The second kappa shape index (κ2) is 5.40. The number of aromatic nitrogens is 4. The molecule has 0 radical (unpaired) electrons. The summed E-state index contributed by atoms with van der Waals surface area (Å²) in [6.45, 7) is 4.47. The minimum Gasteiger partial charge on any atom is -0.330 e. The smallest absolute Gasteiger partial charge is 0.258 e. The van der Waals surface area contributed by atoms with Gasteiger partial charge in [0, 0.05) is 19.4 Å². The summed E-state index contributed by atoms with van der Waals surface area (Å²) in [5.74, 6) is 0.640. The molecule has 2 aromatic rings. The molecule has 0 aromatic carbocycles. The molecule has 1 atom stereocenters. The monoisotopic (exact) mass is 301 g/mol. The van der Waals surface area contributed by atoms with Gasteiger partial charge in [0.25, 0.3) is 5.56 Å². The van der Waals surface area contributed by atoms with Gasteiger partial charge >= 0.3 is 0 Å². The summed E-state index contributed by atoms with van der Waals surface area (Å²) >= 11 is 0. The highest BCUT2D eigenvalue weighted by molar-refractivity contribution is 5.80. The van der Waals surface area contributed by atoms with Crippen LogP contribution < -0.4 is 5.56 Å². The fraction of sp³-hybridized carbons (Fsp3) is 0.467. The number of hydrogen-bond acceptors (Lipinski definition) is 4. The zero-order valence-corrected chi connectivity index (χ0v) is 13.0. The predicted octanol–water partition coefficient (Wildman–Crippen LogP) is 0.779. The molecule has 116 valence electrons. The van der Waals surface area contributed by atoms with E-state index in [4.69, 9.17) is 0 Å². The highest BCUT2D eigenvalue weighted by Crippen LogP contribution is 2.23. The quantitative estimate of drug-likeness (QED) is 0.840. The zero-order chi connectivity index (χ0) is 15.9. The molecule has 1 amide bonds. The Bertz CT molecular complexity index is 763. The van der Waals surface area contributed by atoms with Gasteiger partial charge in [-0.1, -0.05) is 6.92 Å². The first-order valence-corrected chi connectivity index (χ1v) is 7.36. The first-order valence-electron chi connectivity index (χ1n) is 7.36. The van der Waals surface area contributed by atoms with Crippen LogP contribution in [0.2, 0.25) is 0 Å². The van der Waals surface area contributed by atoms with Crippen molar-refractivity contribution in [3.8, 4) is 0 Å². The summed E-state index contributed by atoms with van der Waals surface area (Å²) in [5, 5.41) is 4.16. The molecule has 7 nitrogen and oxygen atoms in total. The van der Waals surface area contributed by atoms with Crippen LogP contribution in [0.25, 0.3) is 0 Å². The maximum atomic E-state index is 12.8. The lowest BCUT2D eigenvalue weighted by Crippen LogP contribution is -2.34. The van der Waals surface area contributed by atoms with E-state index in [-0.39, 0.29) is 17.5 Å². The average molecular weight is 301 g/mol. The van der Waals surface area contributed by atoms with Gasteiger partial charge in [0.05, 0.1) is 24.3 Å². The molecule has 0 N–H and O–H groups in total. The molecule has 0 aliphatic carbocycles. The van der Waals surface area contributed by atoms with E-state index in [1.165, 1.54) is 4.57 Å². The van der Waals surface area contributed by atoms with Crippen molar-refractivity contribution in [3.05, 3.63) is 45.9 Å². The molecule has 0 bridgehead atoms. The van der Waals surface area contributed by atoms with Gasteiger partial charge in [-0.15, -0.1) is 0 Å². The van der Waals surface area contributed by atoms with Gasteiger partial charge in [-0.2, -0.15) is 5.10 Å². The Morgan fingerprint density at radius 3 is 2.82 bits per heavy atom. The third kappa shape index (κ3) is 2.22. The SMILES string of the molecule is CC[C@H](C(=O)N1Cc2nc(C)n(C)c(=O)c2C1)n1cccn1. The fourth-order valence-corrected chi connectivity index (χ4v) is 2.83. The number of amides is 1. The minimum absolute atomic E-state index is 0.0242. The number of nitrogens with zero attached hydrogens (tertiary/aromatic N) is 5. The van der Waals surface area contributed by atoms with E-state index in [0.717, 1.165) is 0 Å². The summed E-state index contributed by atoms with van der Waals surface area (Å²) in [5.41, 5.74) is 1.27. The Labute approximate surface area is 128 Å². The Hall–Kier alpha value is -2.44. The molecule has 3 rings (SSSR count). The standard InChI is InChI=1S/C15H19N5O2/c1-4-13(20-7-5-6-16-20)15(22)19-8-11-12(9-19)17-10(2)18(3)14(11)21/h5-7,13H,4,8-9H2,1-3H3/t13-/m1/s1. The van der Waals surface area contributed by atoms with Crippen molar-refractivity contribution in [2.45, 2.75) is 39.4 Å². The van der Waals surface area contributed by atoms with E-state index in [2.05, 4.69) is 10.1 Å². The average Bonchev–Trinajstić information content (AvgIpc) is 3.15. The number of fused-ring (bicyclic) bond motifs is 1. The third-order valence-corrected chi connectivity index (χ3v) is 4.21. The van der Waals surface area contributed by atoms with Gasteiger partial charge in [0.1, 0.15) is 11.9 Å².